The van der Waals surface area contributed by atoms with Crippen molar-refractivity contribution in [1.29, 1.82) is 0 Å². The summed E-state index contributed by atoms with van der Waals surface area (Å²) in [6, 6.07) is 21.0. The normalized spacial score (nSPS) is 19.6. The van der Waals surface area contributed by atoms with Gasteiger partial charge in [0, 0.05) is 11.1 Å². The molecule has 3 heterocycles. The predicted molar refractivity (Wildman–Crippen MR) is 147 cm³/mol. The lowest BCUT2D eigenvalue weighted by Gasteiger charge is -2.45. The Balaban J connectivity index is 1.16. The van der Waals surface area contributed by atoms with E-state index < -0.39 is 29.9 Å². The minimum atomic E-state index is -1.42. The Hall–Kier alpha value is -4.82. The summed E-state index contributed by atoms with van der Waals surface area (Å²) in [7, 11) is 0. The summed E-state index contributed by atoms with van der Waals surface area (Å²) < 4.78 is 4.19. The van der Waals surface area contributed by atoms with Crippen molar-refractivity contribution < 1.29 is 29.2 Å². The van der Waals surface area contributed by atoms with Gasteiger partial charge < -0.3 is 19.9 Å². The topological polar surface area (TPSA) is 107 Å². The van der Waals surface area contributed by atoms with E-state index in [1.807, 2.05) is 61.2 Å². The highest BCUT2D eigenvalue weighted by Crippen LogP contribution is 2.48. The molecule has 204 valence electrons. The molecule has 1 saturated heterocycles. The van der Waals surface area contributed by atoms with Crippen LogP contribution in [0.1, 0.15) is 46.0 Å². The van der Waals surface area contributed by atoms with Gasteiger partial charge in [0.2, 0.25) is 12.2 Å². The van der Waals surface area contributed by atoms with Crippen LogP contribution in [0.25, 0.3) is 16.7 Å². The van der Waals surface area contributed by atoms with Crippen molar-refractivity contribution in [3.8, 4) is 11.1 Å². The molecule has 1 N–H and O–H groups in total. The number of aliphatic carboxylic acids is 1. The SMILES string of the molecule is C[C@@H](O)[C@H]1C(=O)N2C(C(=O)[O-])=C(c3ccc4c(c3)-c3ccc(C[n+]5ccn(Cc6ccccc6)c5)cc3C4=O)C[C@H]12. The molecule has 3 aliphatic rings. The highest BCUT2D eigenvalue weighted by Gasteiger charge is 2.55. The first kappa shape index (κ1) is 25.2. The van der Waals surface area contributed by atoms with Crippen LogP contribution in [-0.4, -0.2) is 44.4 Å². The summed E-state index contributed by atoms with van der Waals surface area (Å²) in [5.74, 6) is -2.52. The standard InChI is InChI=1S/C33H27N3O5/c1-19(37)29-28-15-25(30(33(40)41)36(28)32(29)39)22-8-10-24-26(14-22)23-9-7-21(13-27(23)31(24)38)17-35-12-11-34(18-35)16-20-5-3-2-4-6-20/h2-14,18-19,28-29,37H,15-17H2,1H3/t19-,28-,29-/m1/s1. The van der Waals surface area contributed by atoms with Gasteiger partial charge in [-0.15, -0.1) is 0 Å². The van der Waals surface area contributed by atoms with E-state index in [0.29, 0.717) is 35.2 Å². The van der Waals surface area contributed by atoms with Crippen molar-refractivity contribution in [2.45, 2.75) is 38.6 Å². The Morgan fingerprint density at radius 1 is 1.00 bits per heavy atom. The van der Waals surface area contributed by atoms with Crippen molar-refractivity contribution in [1.82, 2.24) is 9.47 Å². The molecule has 1 aromatic heterocycles. The van der Waals surface area contributed by atoms with Crippen molar-refractivity contribution in [2.24, 2.45) is 5.92 Å². The van der Waals surface area contributed by atoms with Crippen molar-refractivity contribution >= 4 is 23.2 Å². The van der Waals surface area contributed by atoms with Gasteiger partial charge in [0.1, 0.15) is 25.5 Å². The van der Waals surface area contributed by atoms with Gasteiger partial charge in [0.15, 0.2) is 5.78 Å². The van der Waals surface area contributed by atoms with Crippen LogP contribution in [0.5, 0.6) is 0 Å². The number of carboxylic acids is 1. The number of aromatic nitrogens is 2. The summed E-state index contributed by atoms with van der Waals surface area (Å²) in [5.41, 5.74) is 5.92. The first-order valence-corrected chi connectivity index (χ1v) is 13.7. The fraction of sp³-hybridized carbons (Fsp3) is 0.212. The lowest BCUT2D eigenvalue weighted by Crippen LogP contribution is -2.62. The molecule has 1 amide bonds. The fourth-order valence-electron chi connectivity index (χ4n) is 6.56. The molecule has 0 radical (unpaired) electrons. The highest BCUT2D eigenvalue weighted by atomic mass is 16.4. The van der Waals surface area contributed by atoms with Gasteiger partial charge in [0.25, 0.3) is 0 Å². The highest BCUT2D eigenvalue weighted by molar-refractivity contribution is 6.22. The molecule has 1 fully saturated rings. The largest absolute Gasteiger partial charge is 0.543 e. The maximum atomic E-state index is 13.4. The van der Waals surface area contributed by atoms with Crippen LogP contribution in [0, 0.1) is 5.92 Å². The average molecular weight is 546 g/mol. The van der Waals surface area contributed by atoms with Gasteiger partial charge in [-0.1, -0.05) is 48.5 Å². The maximum absolute atomic E-state index is 13.4. The second-order valence-corrected chi connectivity index (χ2v) is 11.1. The number of rotatable bonds is 7. The van der Waals surface area contributed by atoms with Gasteiger partial charge in [-0.3, -0.25) is 9.59 Å². The monoisotopic (exact) mass is 545 g/mol. The van der Waals surface area contributed by atoms with Crippen LogP contribution >= 0.6 is 0 Å². The molecule has 41 heavy (non-hydrogen) atoms. The number of carbonyl (C=O) groups is 3. The molecular formula is C33H27N3O5. The lowest BCUT2D eigenvalue weighted by molar-refractivity contribution is -0.687. The molecule has 3 atom stereocenters. The number of nitrogens with zero attached hydrogens (tertiary/aromatic N) is 3. The van der Waals surface area contributed by atoms with E-state index in [0.717, 1.165) is 23.2 Å². The second kappa shape index (κ2) is 9.38. The molecule has 3 aromatic carbocycles. The van der Waals surface area contributed by atoms with Crippen LogP contribution in [-0.2, 0) is 22.7 Å². The van der Waals surface area contributed by atoms with Crippen LogP contribution in [0.15, 0.2) is 91.1 Å². The smallest absolute Gasteiger partial charge is 0.244 e. The third kappa shape index (κ3) is 4.02. The van der Waals surface area contributed by atoms with Crippen molar-refractivity contribution in [3.63, 3.8) is 0 Å². The number of fused-ring (bicyclic) bond motifs is 4. The first-order valence-electron chi connectivity index (χ1n) is 13.7. The van der Waals surface area contributed by atoms with E-state index in [-0.39, 0.29) is 11.5 Å². The molecule has 2 aliphatic heterocycles. The number of aliphatic hydroxyl groups excluding tert-OH is 1. The number of hydrogen-bond donors (Lipinski definition) is 1. The molecule has 0 saturated carbocycles. The molecule has 1 aliphatic carbocycles. The number of amides is 1. The number of carbonyl (C=O) groups excluding carboxylic acids is 3. The number of aliphatic hydroxyl groups is 1. The van der Waals surface area contributed by atoms with Crippen LogP contribution in [0.4, 0.5) is 0 Å². The predicted octanol–water partition coefficient (Wildman–Crippen LogP) is 2.16. The zero-order valence-corrected chi connectivity index (χ0v) is 22.4. The van der Waals surface area contributed by atoms with Crippen molar-refractivity contribution in [3.05, 3.63) is 119 Å². The number of β-lactam (4-membered cyclic amide) rings is 1. The molecule has 8 nitrogen and oxygen atoms in total. The summed E-state index contributed by atoms with van der Waals surface area (Å²) in [4.78, 5) is 39.3. The summed E-state index contributed by atoms with van der Waals surface area (Å²) in [6.07, 6.45) is 5.53. The Morgan fingerprint density at radius 3 is 2.54 bits per heavy atom. The van der Waals surface area contributed by atoms with E-state index in [9.17, 15) is 24.6 Å². The maximum Gasteiger partial charge on any atom is 0.244 e. The minimum Gasteiger partial charge on any atom is -0.543 e. The number of imidazole rings is 1. The van der Waals surface area contributed by atoms with Gasteiger partial charge in [-0.05, 0) is 64.9 Å². The van der Waals surface area contributed by atoms with E-state index in [1.165, 1.54) is 10.5 Å². The zero-order chi connectivity index (χ0) is 28.4. The van der Waals surface area contributed by atoms with Gasteiger partial charge in [-0.25, -0.2) is 9.13 Å². The molecule has 0 unspecified atom stereocenters. The molecule has 4 aromatic rings. The van der Waals surface area contributed by atoms with E-state index >= 15 is 0 Å². The van der Waals surface area contributed by atoms with Gasteiger partial charge in [-0.2, -0.15) is 0 Å². The lowest BCUT2D eigenvalue weighted by atomic mass is 9.82. The van der Waals surface area contributed by atoms with E-state index in [1.54, 1.807) is 19.1 Å². The Labute approximate surface area is 236 Å². The summed E-state index contributed by atoms with van der Waals surface area (Å²) in [6.45, 7) is 2.93. The number of hydrogen-bond acceptors (Lipinski definition) is 5. The fourth-order valence-corrected chi connectivity index (χ4v) is 6.56. The summed E-state index contributed by atoms with van der Waals surface area (Å²) >= 11 is 0. The van der Waals surface area contributed by atoms with E-state index in [2.05, 4.69) is 21.3 Å². The number of carboxylic acid groups (broad SMARTS) is 1. The van der Waals surface area contributed by atoms with E-state index in [4.69, 9.17) is 0 Å². The Kier molecular flexibility index (Phi) is 5.76. The van der Waals surface area contributed by atoms with Crippen LogP contribution in [0.3, 0.4) is 0 Å². The minimum absolute atomic E-state index is 0.0660. The molecule has 8 heteroatoms. The Morgan fingerprint density at radius 2 is 1.78 bits per heavy atom. The van der Waals surface area contributed by atoms with Crippen LogP contribution < -0.4 is 9.67 Å². The first-order chi connectivity index (χ1) is 19.8. The third-order valence-electron chi connectivity index (χ3n) is 8.47. The molecule has 0 bridgehead atoms. The second-order valence-electron chi connectivity index (χ2n) is 11.1. The average Bonchev–Trinajstić information content (AvgIpc) is 3.62. The molecular weight excluding hydrogens is 518 g/mol. The number of benzene rings is 3. The quantitative estimate of drug-likeness (QED) is 0.249. The molecule has 0 spiro atoms. The summed E-state index contributed by atoms with van der Waals surface area (Å²) in [5, 5.41) is 22.1. The van der Waals surface area contributed by atoms with Gasteiger partial charge in [0.05, 0.1) is 29.7 Å². The Bertz CT molecular complexity index is 1790. The zero-order valence-electron chi connectivity index (χ0n) is 22.4. The van der Waals surface area contributed by atoms with Crippen LogP contribution in [0.2, 0.25) is 0 Å². The third-order valence-corrected chi connectivity index (χ3v) is 8.47. The number of ketones is 1. The van der Waals surface area contributed by atoms with Gasteiger partial charge >= 0.3 is 0 Å². The molecule has 7 rings (SSSR count). The van der Waals surface area contributed by atoms with Crippen molar-refractivity contribution in [2.75, 3.05) is 0 Å².